The summed E-state index contributed by atoms with van der Waals surface area (Å²) in [4.78, 5) is -1.41. The topological polar surface area (TPSA) is 206 Å². The Labute approximate surface area is 243 Å². The van der Waals surface area contributed by atoms with Crippen molar-refractivity contribution in [3.05, 3.63) is 54.6 Å². The number of nitrogens with two attached hydrogens (primary N) is 1. The number of aromatic hydroxyl groups is 2. The van der Waals surface area contributed by atoms with Crippen LogP contribution in [0, 0.1) is 0 Å². The van der Waals surface area contributed by atoms with E-state index in [0.29, 0.717) is 0 Å². The number of benzene rings is 4. The van der Waals surface area contributed by atoms with Gasteiger partial charge in [0.2, 0.25) is 0 Å². The smallest absolute Gasteiger partial charge is 0.744 e. The second-order valence-corrected chi connectivity index (χ2v) is 9.74. The second-order valence-electron chi connectivity index (χ2n) is 7.01. The monoisotopic (exact) mass is 533 g/mol. The zero-order chi connectivity index (χ0) is 24.1. The van der Waals surface area contributed by atoms with Crippen molar-refractivity contribution < 1.29 is 95.3 Å². The zero-order valence-electron chi connectivity index (χ0n) is 18.3. The first-order valence-electron chi connectivity index (χ1n) is 9.00. The summed E-state index contributed by atoms with van der Waals surface area (Å²) in [6.45, 7) is 0. The van der Waals surface area contributed by atoms with E-state index in [9.17, 15) is 36.2 Å². The Morgan fingerprint density at radius 2 is 1.37 bits per heavy atom. The Morgan fingerprint density at radius 1 is 0.743 bits per heavy atom. The molecular formula is C20H13N3Na2O8S2. The number of azo groups is 1. The third-order valence-corrected chi connectivity index (χ3v) is 6.45. The van der Waals surface area contributed by atoms with Crippen molar-refractivity contribution in [3.63, 3.8) is 0 Å². The van der Waals surface area contributed by atoms with Crippen LogP contribution < -0.4 is 64.8 Å². The molecule has 4 aromatic carbocycles. The van der Waals surface area contributed by atoms with Gasteiger partial charge in [-0.25, -0.2) is 16.8 Å². The maximum atomic E-state index is 11.8. The third-order valence-electron chi connectivity index (χ3n) is 4.79. The molecule has 0 atom stereocenters. The van der Waals surface area contributed by atoms with E-state index in [1.807, 2.05) is 0 Å². The van der Waals surface area contributed by atoms with Crippen LogP contribution in [0.25, 0.3) is 21.5 Å². The first-order valence-corrected chi connectivity index (χ1v) is 11.8. The van der Waals surface area contributed by atoms with Crippen LogP contribution in [0.1, 0.15) is 0 Å². The van der Waals surface area contributed by atoms with Gasteiger partial charge in [-0.15, -0.1) is 5.11 Å². The van der Waals surface area contributed by atoms with Crippen molar-refractivity contribution in [1.82, 2.24) is 0 Å². The molecule has 4 aromatic rings. The Morgan fingerprint density at radius 3 is 2.00 bits per heavy atom. The minimum atomic E-state index is -5.04. The number of hydrogen-bond donors (Lipinski definition) is 3. The number of fused-ring (bicyclic) bond motifs is 2. The summed E-state index contributed by atoms with van der Waals surface area (Å²) in [6, 6.07) is 11.2. The average molecular weight is 533 g/mol. The van der Waals surface area contributed by atoms with Gasteiger partial charge in [0, 0.05) is 16.5 Å². The van der Waals surface area contributed by atoms with Crippen molar-refractivity contribution >= 4 is 58.8 Å². The molecule has 170 valence electrons. The van der Waals surface area contributed by atoms with Gasteiger partial charge in [0.05, 0.1) is 15.5 Å². The number of anilines is 1. The summed E-state index contributed by atoms with van der Waals surface area (Å²) >= 11 is 0. The second kappa shape index (κ2) is 10.7. The molecule has 0 radical (unpaired) electrons. The molecule has 35 heavy (non-hydrogen) atoms. The van der Waals surface area contributed by atoms with E-state index in [1.54, 1.807) is 0 Å². The molecule has 0 fully saturated rings. The van der Waals surface area contributed by atoms with Gasteiger partial charge in [-0.3, -0.25) is 0 Å². The van der Waals surface area contributed by atoms with E-state index in [-0.39, 0.29) is 92.0 Å². The molecule has 0 saturated carbocycles. The fourth-order valence-electron chi connectivity index (χ4n) is 3.26. The number of nitrogens with zero attached hydrogens (tertiary/aromatic N) is 2. The average Bonchev–Trinajstić information content (AvgIpc) is 2.72. The molecule has 0 amide bonds. The number of phenolic OH excluding ortho intramolecular Hbond substituents is 2. The standard InChI is InChI=1S/C20H15N3O8S2.2Na/c21-12-3-1-11-6-18(33(29,30)31)19(20(25)16(11)7-12)23-22-13-4-2-10-5-14(32(26,27)28)9-17(24)15(10)8-13;;/h1-9,24-25H,21H2,(H,26,27,28)(H,29,30,31);;/q;2*+1/p-2. The third kappa shape index (κ3) is 6.14. The molecule has 4 N–H and O–H groups in total. The molecule has 0 aliphatic rings. The molecule has 0 aromatic heterocycles. The summed E-state index contributed by atoms with van der Waals surface area (Å²) in [6.07, 6.45) is 0. The van der Waals surface area contributed by atoms with E-state index in [4.69, 9.17) is 5.73 Å². The van der Waals surface area contributed by atoms with Crippen LogP contribution in [-0.4, -0.2) is 36.2 Å². The van der Waals surface area contributed by atoms with Crippen LogP contribution in [0.5, 0.6) is 11.5 Å². The predicted molar refractivity (Wildman–Crippen MR) is 116 cm³/mol. The SMILES string of the molecule is Nc1ccc2cc(S(=O)(=O)[O-])c(N=Nc3ccc4cc(S(=O)(=O)[O-])cc(O)c4c3)c(O)c2c1.[Na+].[Na+]. The van der Waals surface area contributed by atoms with Crippen LogP contribution in [0.15, 0.2) is 74.6 Å². The summed E-state index contributed by atoms with van der Waals surface area (Å²) in [5.74, 6) is -1.13. The maximum Gasteiger partial charge on any atom is 1.00 e. The van der Waals surface area contributed by atoms with Gasteiger partial charge in [0.25, 0.3) is 0 Å². The summed E-state index contributed by atoms with van der Waals surface area (Å²) < 4.78 is 68.9. The Balaban J connectivity index is 0.00000216. The molecule has 0 heterocycles. The Bertz CT molecular complexity index is 1710. The largest absolute Gasteiger partial charge is 1.00 e. The first-order chi connectivity index (χ1) is 15.3. The molecule has 11 nitrogen and oxygen atoms in total. The fraction of sp³-hybridized carbons (Fsp3) is 0. The van der Waals surface area contributed by atoms with Gasteiger partial charge < -0.3 is 25.1 Å². The molecule has 0 saturated heterocycles. The van der Waals surface area contributed by atoms with E-state index in [1.165, 1.54) is 36.4 Å². The molecular weight excluding hydrogens is 520 g/mol. The van der Waals surface area contributed by atoms with E-state index in [2.05, 4.69) is 10.2 Å². The van der Waals surface area contributed by atoms with Crippen LogP contribution in [0.4, 0.5) is 17.1 Å². The Hall–Kier alpha value is -1.78. The quantitative estimate of drug-likeness (QED) is 0.107. The molecule has 0 spiro atoms. The molecule has 0 bridgehead atoms. The van der Waals surface area contributed by atoms with Crippen molar-refractivity contribution in [2.45, 2.75) is 9.79 Å². The molecule has 0 aliphatic carbocycles. The van der Waals surface area contributed by atoms with Gasteiger partial charge in [0.15, 0.2) is 5.75 Å². The molecule has 4 rings (SSSR count). The maximum absolute atomic E-state index is 11.8. The van der Waals surface area contributed by atoms with Crippen LogP contribution in [0.2, 0.25) is 0 Å². The van der Waals surface area contributed by atoms with Gasteiger partial charge in [0.1, 0.15) is 31.7 Å². The Kier molecular flexibility index (Phi) is 8.99. The summed E-state index contributed by atoms with van der Waals surface area (Å²) in [5.41, 5.74) is 5.46. The molecule has 0 aliphatic heterocycles. The van der Waals surface area contributed by atoms with Crippen molar-refractivity contribution in [2.24, 2.45) is 10.2 Å². The first kappa shape index (κ1) is 29.5. The number of nitrogen functional groups attached to an aromatic ring is 1. The van der Waals surface area contributed by atoms with E-state index < -0.39 is 47.2 Å². The number of rotatable bonds is 4. The van der Waals surface area contributed by atoms with Gasteiger partial charge in [-0.2, -0.15) is 5.11 Å². The minimum Gasteiger partial charge on any atom is -0.744 e. The summed E-state index contributed by atoms with van der Waals surface area (Å²) in [5, 5.41) is 29.0. The van der Waals surface area contributed by atoms with E-state index >= 15 is 0 Å². The molecule has 15 heteroatoms. The van der Waals surface area contributed by atoms with Crippen LogP contribution in [-0.2, 0) is 20.2 Å². The van der Waals surface area contributed by atoms with E-state index in [0.717, 1.165) is 18.2 Å². The van der Waals surface area contributed by atoms with Crippen LogP contribution >= 0.6 is 0 Å². The predicted octanol–water partition coefficient (Wildman–Crippen LogP) is -2.78. The van der Waals surface area contributed by atoms with Crippen molar-refractivity contribution in [3.8, 4) is 11.5 Å². The number of phenols is 2. The normalized spacial score (nSPS) is 11.9. The minimum absolute atomic E-state index is 0. The van der Waals surface area contributed by atoms with Crippen molar-refractivity contribution in [2.75, 3.05) is 5.73 Å². The van der Waals surface area contributed by atoms with Crippen molar-refractivity contribution in [1.29, 1.82) is 0 Å². The van der Waals surface area contributed by atoms with Gasteiger partial charge in [-0.05, 0) is 53.2 Å². The fourth-order valence-corrected chi connectivity index (χ4v) is 4.43. The van der Waals surface area contributed by atoms with Gasteiger partial charge in [-0.1, -0.05) is 12.1 Å². The van der Waals surface area contributed by atoms with Gasteiger partial charge >= 0.3 is 59.1 Å². The number of hydrogen-bond acceptors (Lipinski definition) is 11. The van der Waals surface area contributed by atoms with Crippen LogP contribution in [0.3, 0.4) is 0 Å². The molecule has 0 unspecified atom stereocenters. The zero-order valence-corrected chi connectivity index (χ0v) is 24.0. The summed E-state index contributed by atoms with van der Waals surface area (Å²) in [7, 11) is -9.84.